The molecule has 0 unspecified atom stereocenters. The highest BCUT2D eigenvalue weighted by Crippen LogP contribution is 1.88. The van der Waals surface area contributed by atoms with Crippen LogP contribution in [0.5, 0.6) is 0 Å². The molecular weight excluding hydrogens is 178 g/mol. The second-order valence-electron chi connectivity index (χ2n) is 4.05. The highest BCUT2D eigenvalue weighted by Gasteiger charge is 2.04. The molecule has 0 aliphatic rings. The van der Waals surface area contributed by atoms with Crippen LogP contribution in [-0.2, 0) is 4.79 Å². The normalized spacial score (nSPS) is 11.1. The third-order valence-corrected chi connectivity index (χ3v) is 2.28. The minimum Gasteiger partial charge on any atom is -0.345 e. The number of hydrogen-bond donors (Lipinski definition) is 0. The quantitative estimate of drug-likeness (QED) is 0.603. The zero-order valence-corrected chi connectivity index (χ0v) is 10.1. The third kappa shape index (κ3) is 6.86. The van der Waals surface area contributed by atoms with Gasteiger partial charge < -0.3 is 14.7 Å². The van der Waals surface area contributed by atoms with E-state index in [4.69, 9.17) is 0 Å². The van der Waals surface area contributed by atoms with Crippen LogP contribution in [0.1, 0.15) is 6.92 Å². The van der Waals surface area contributed by atoms with Gasteiger partial charge in [0.05, 0.1) is 0 Å². The van der Waals surface area contributed by atoms with Crippen LogP contribution in [0, 0.1) is 0 Å². The smallest absolute Gasteiger partial charge is 0.219 e. The van der Waals surface area contributed by atoms with Crippen molar-refractivity contribution < 1.29 is 4.79 Å². The van der Waals surface area contributed by atoms with Gasteiger partial charge in [0.15, 0.2) is 0 Å². The van der Waals surface area contributed by atoms with Crippen LogP contribution in [0.2, 0.25) is 0 Å². The maximum Gasteiger partial charge on any atom is 0.219 e. The first-order chi connectivity index (χ1) is 6.43. The average molecular weight is 201 g/mol. The Hall–Kier alpha value is -0.610. The van der Waals surface area contributed by atoms with Crippen molar-refractivity contribution in [2.45, 2.75) is 6.92 Å². The van der Waals surface area contributed by atoms with E-state index in [1.165, 1.54) is 0 Å². The summed E-state index contributed by atoms with van der Waals surface area (Å²) in [7, 11) is 8.05. The van der Waals surface area contributed by atoms with Gasteiger partial charge in [-0.15, -0.1) is 0 Å². The number of likely N-dealkylation sites (N-methyl/N-ethyl adjacent to an activating group) is 3. The maximum atomic E-state index is 10.9. The van der Waals surface area contributed by atoms with Gasteiger partial charge in [-0.1, -0.05) is 0 Å². The fraction of sp³-hybridized carbons (Fsp3) is 0.900. The Balaban J connectivity index is 3.53. The molecule has 0 saturated carbocycles. The Labute approximate surface area is 87.5 Å². The van der Waals surface area contributed by atoms with Crippen LogP contribution in [0.15, 0.2) is 0 Å². The van der Waals surface area contributed by atoms with Crippen LogP contribution >= 0.6 is 0 Å². The van der Waals surface area contributed by atoms with Gasteiger partial charge in [-0.05, 0) is 21.1 Å². The van der Waals surface area contributed by atoms with E-state index in [1.54, 1.807) is 11.8 Å². The molecule has 0 aliphatic carbocycles. The fourth-order valence-corrected chi connectivity index (χ4v) is 0.961. The number of amides is 1. The Bertz CT molecular complexity index is 171. The molecule has 4 nitrogen and oxygen atoms in total. The number of hydrogen-bond acceptors (Lipinski definition) is 3. The van der Waals surface area contributed by atoms with Gasteiger partial charge in [-0.2, -0.15) is 0 Å². The number of rotatable bonds is 6. The van der Waals surface area contributed by atoms with Gasteiger partial charge in [0.2, 0.25) is 5.91 Å². The standard InChI is InChI=1S/C10H23N3O/c1-10(14)13(5)9-8-12(4)7-6-11(2)3/h6-9H2,1-5H3. The lowest BCUT2D eigenvalue weighted by Gasteiger charge is -2.22. The molecule has 0 spiro atoms. The first-order valence-corrected chi connectivity index (χ1v) is 4.98. The lowest BCUT2D eigenvalue weighted by Crippen LogP contribution is -2.36. The summed E-state index contributed by atoms with van der Waals surface area (Å²) in [6.07, 6.45) is 0. The molecule has 0 atom stereocenters. The average Bonchev–Trinajstić information content (AvgIpc) is 2.10. The molecule has 0 heterocycles. The van der Waals surface area contributed by atoms with Gasteiger partial charge in [-0.25, -0.2) is 0 Å². The number of carbonyl (C=O) groups excluding carboxylic acids is 1. The van der Waals surface area contributed by atoms with Crippen LogP contribution in [0.4, 0.5) is 0 Å². The zero-order valence-electron chi connectivity index (χ0n) is 10.1. The van der Waals surface area contributed by atoms with Crippen molar-refractivity contribution in [3.05, 3.63) is 0 Å². The highest BCUT2D eigenvalue weighted by molar-refractivity contribution is 5.72. The Kier molecular flexibility index (Phi) is 6.49. The van der Waals surface area contributed by atoms with Crippen molar-refractivity contribution in [2.24, 2.45) is 0 Å². The topological polar surface area (TPSA) is 26.8 Å². The molecule has 0 saturated heterocycles. The second kappa shape index (κ2) is 6.79. The van der Waals surface area contributed by atoms with Crippen LogP contribution in [0.3, 0.4) is 0 Å². The Morgan fingerprint density at radius 1 is 0.929 bits per heavy atom. The summed E-state index contributed by atoms with van der Waals surface area (Å²) in [6.45, 7) is 5.43. The van der Waals surface area contributed by atoms with Gasteiger partial charge in [0, 0.05) is 40.2 Å². The lowest BCUT2D eigenvalue weighted by atomic mass is 10.4. The molecule has 0 aliphatic heterocycles. The molecule has 4 heteroatoms. The summed E-state index contributed by atoms with van der Waals surface area (Å²) in [5.74, 6) is 0.131. The SMILES string of the molecule is CC(=O)N(C)CCN(C)CCN(C)C. The molecule has 14 heavy (non-hydrogen) atoms. The van der Waals surface area contributed by atoms with E-state index in [0.717, 1.165) is 26.2 Å². The highest BCUT2D eigenvalue weighted by atomic mass is 16.2. The molecule has 84 valence electrons. The molecule has 0 radical (unpaired) electrons. The predicted molar refractivity (Wildman–Crippen MR) is 59.4 cm³/mol. The van der Waals surface area contributed by atoms with Crippen molar-refractivity contribution in [3.8, 4) is 0 Å². The molecule has 0 aromatic heterocycles. The van der Waals surface area contributed by atoms with Gasteiger partial charge in [0.25, 0.3) is 0 Å². The number of carbonyl (C=O) groups is 1. The minimum absolute atomic E-state index is 0.131. The molecule has 0 bridgehead atoms. The Morgan fingerprint density at radius 3 is 1.86 bits per heavy atom. The summed E-state index contributed by atoms with van der Waals surface area (Å²) in [5.41, 5.74) is 0. The lowest BCUT2D eigenvalue weighted by molar-refractivity contribution is -0.127. The fourth-order valence-electron chi connectivity index (χ4n) is 0.961. The van der Waals surface area contributed by atoms with Crippen molar-refractivity contribution in [1.29, 1.82) is 0 Å². The molecule has 0 N–H and O–H groups in total. The van der Waals surface area contributed by atoms with Crippen molar-refractivity contribution in [1.82, 2.24) is 14.7 Å². The first-order valence-electron chi connectivity index (χ1n) is 4.98. The monoisotopic (exact) mass is 201 g/mol. The molecular formula is C10H23N3O. The van der Waals surface area contributed by atoms with Crippen LogP contribution < -0.4 is 0 Å². The van der Waals surface area contributed by atoms with E-state index in [1.807, 2.05) is 7.05 Å². The van der Waals surface area contributed by atoms with Crippen molar-refractivity contribution in [2.75, 3.05) is 54.4 Å². The van der Waals surface area contributed by atoms with Crippen molar-refractivity contribution in [3.63, 3.8) is 0 Å². The molecule has 0 fully saturated rings. The predicted octanol–water partition coefficient (Wildman–Crippen LogP) is -0.0419. The van der Waals surface area contributed by atoms with E-state index >= 15 is 0 Å². The van der Waals surface area contributed by atoms with E-state index in [2.05, 4.69) is 30.9 Å². The molecule has 0 aromatic carbocycles. The summed E-state index contributed by atoms with van der Waals surface area (Å²) in [6, 6.07) is 0. The van der Waals surface area contributed by atoms with Gasteiger partial charge in [0.1, 0.15) is 0 Å². The molecule has 1 amide bonds. The minimum atomic E-state index is 0.131. The third-order valence-electron chi connectivity index (χ3n) is 2.28. The van der Waals surface area contributed by atoms with Gasteiger partial charge >= 0.3 is 0 Å². The second-order valence-corrected chi connectivity index (χ2v) is 4.05. The summed E-state index contributed by atoms with van der Waals surface area (Å²) < 4.78 is 0. The zero-order chi connectivity index (χ0) is 11.1. The molecule has 0 aromatic rings. The van der Waals surface area contributed by atoms with Crippen LogP contribution in [0.25, 0.3) is 0 Å². The Morgan fingerprint density at radius 2 is 1.43 bits per heavy atom. The van der Waals surface area contributed by atoms with E-state index in [0.29, 0.717) is 0 Å². The number of nitrogens with zero attached hydrogens (tertiary/aromatic N) is 3. The largest absolute Gasteiger partial charge is 0.345 e. The van der Waals surface area contributed by atoms with Gasteiger partial charge in [-0.3, -0.25) is 4.79 Å². The summed E-state index contributed by atoms with van der Waals surface area (Å²) in [4.78, 5) is 17.1. The molecule has 0 rings (SSSR count). The maximum absolute atomic E-state index is 10.9. The van der Waals surface area contributed by atoms with E-state index < -0.39 is 0 Å². The summed E-state index contributed by atoms with van der Waals surface area (Å²) >= 11 is 0. The van der Waals surface area contributed by atoms with Crippen molar-refractivity contribution >= 4 is 5.91 Å². The summed E-state index contributed by atoms with van der Waals surface area (Å²) in [5, 5.41) is 0. The van der Waals surface area contributed by atoms with E-state index in [-0.39, 0.29) is 5.91 Å². The van der Waals surface area contributed by atoms with Crippen LogP contribution in [-0.4, -0.2) is 75.0 Å². The first kappa shape index (κ1) is 13.4. The van der Waals surface area contributed by atoms with E-state index in [9.17, 15) is 4.79 Å².